The van der Waals surface area contributed by atoms with Crippen LogP contribution in [0.1, 0.15) is 5.89 Å². The molecule has 0 bridgehead atoms. The van der Waals surface area contributed by atoms with E-state index in [1.54, 1.807) is 30.3 Å². The molecule has 0 radical (unpaired) electrons. The Balaban J connectivity index is 1.67. The summed E-state index contributed by atoms with van der Waals surface area (Å²) in [7, 11) is 1.34. The van der Waals surface area contributed by atoms with Crippen molar-refractivity contribution >= 4 is 22.9 Å². The Hall–Kier alpha value is -3.28. The lowest BCUT2D eigenvalue weighted by molar-refractivity contribution is 0.179. The van der Waals surface area contributed by atoms with Gasteiger partial charge in [0.15, 0.2) is 12.2 Å². The van der Waals surface area contributed by atoms with E-state index in [2.05, 4.69) is 11.6 Å². The first-order valence-corrected chi connectivity index (χ1v) is 7.75. The molecule has 0 unspecified atom stereocenters. The van der Waals surface area contributed by atoms with Gasteiger partial charge in [-0.05, 0) is 36.4 Å². The van der Waals surface area contributed by atoms with Crippen molar-refractivity contribution < 1.29 is 18.7 Å². The van der Waals surface area contributed by atoms with Crippen LogP contribution in [0.4, 0.5) is 10.5 Å². The van der Waals surface area contributed by atoms with Gasteiger partial charge < -0.3 is 13.9 Å². The van der Waals surface area contributed by atoms with Crippen LogP contribution in [0.3, 0.4) is 0 Å². The molecule has 2 aromatic carbocycles. The summed E-state index contributed by atoms with van der Waals surface area (Å²) < 4.78 is 16.1. The zero-order chi connectivity index (χ0) is 17.6. The van der Waals surface area contributed by atoms with Gasteiger partial charge in [-0.25, -0.2) is 9.78 Å². The molecule has 1 heterocycles. The maximum absolute atomic E-state index is 11.8. The second-order valence-electron chi connectivity index (χ2n) is 5.23. The number of fused-ring (bicyclic) bond motifs is 1. The predicted molar refractivity (Wildman–Crippen MR) is 94.7 cm³/mol. The highest BCUT2D eigenvalue weighted by molar-refractivity contribution is 5.87. The summed E-state index contributed by atoms with van der Waals surface area (Å²) in [5.74, 6) is 1.16. The fourth-order valence-electron chi connectivity index (χ4n) is 2.37. The summed E-state index contributed by atoms with van der Waals surface area (Å²) in [5, 5.41) is 0. The summed E-state index contributed by atoms with van der Waals surface area (Å²) in [6.07, 6.45) is 1.19. The number of nitrogens with zero attached hydrogens (tertiary/aromatic N) is 2. The Bertz CT molecular complexity index is 838. The maximum Gasteiger partial charge on any atom is 0.414 e. The van der Waals surface area contributed by atoms with Gasteiger partial charge in [-0.2, -0.15) is 0 Å². The molecule has 0 aliphatic heterocycles. The van der Waals surface area contributed by atoms with Crippen molar-refractivity contribution in [1.82, 2.24) is 4.98 Å². The summed E-state index contributed by atoms with van der Waals surface area (Å²) >= 11 is 0. The minimum atomic E-state index is -0.444. The van der Waals surface area contributed by atoms with Crippen LogP contribution in [0.5, 0.6) is 5.75 Å². The zero-order valence-corrected chi connectivity index (χ0v) is 13.8. The Morgan fingerprint density at radius 1 is 1.24 bits per heavy atom. The van der Waals surface area contributed by atoms with Crippen molar-refractivity contribution in [1.29, 1.82) is 0 Å². The fourth-order valence-corrected chi connectivity index (χ4v) is 2.37. The minimum Gasteiger partial charge on any atom is -0.484 e. The van der Waals surface area contributed by atoms with E-state index in [4.69, 9.17) is 13.9 Å². The van der Waals surface area contributed by atoms with E-state index in [0.717, 1.165) is 11.1 Å². The molecule has 0 spiro atoms. The third-order valence-electron chi connectivity index (χ3n) is 3.56. The van der Waals surface area contributed by atoms with Crippen LogP contribution in [-0.4, -0.2) is 24.7 Å². The lowest BCUT2D eigenvalue weighted by Gasteiger charge is -2.19. The van der Waals surface area contributed by atoms with Gasteiger partial charge in [0, 0.05) is 12.2 Å². The number of hydrogen-bond acceptors (Lipinski definition) is 5. The largest absolute Gasteiger partial charge is 0.484 e. The van der Waals surface area contributed by atoms with Crippen molar-refractivity contribution in [3.63, 3.8) is 0 Å². The maximum atomic E-state index is 11.8. The van der Waals surface area contributed by atoms with E-state index in [0.29, 0.717) is 23.9 Å². The first-order valence-electron chi connectivity index (χ1n) is 7.75. The molecular formula is C19H18N2O4. The molecule has 25 heavy (non-hydrogen) atoms. The van der Waals surface area contributed by atoms with Crippen LogP contribution in [0, 0.1) is 0 Å². The van der Waals surface area contributed by atoms with Crippen LogP contribution in [0.15, 0.2) is 65.6 Å². The van der Waals surface area contributed by atoms with Gasteiger partial charge in [-0.15, -0.1) is 6.58 Å². The highest BCUT2D eigenvalue weighted by atomic mass is 16.5. The van der Waals surface area contributed by atoms with E-state index in [-0.39, 0.29) is 6.61 Å². The first-order chi connectivity index (χ1) is 12.2. The van der Waals surface area contributed by atoms with Gasteiger partial charge in [0.25, 0.3) is 0 Å². The highest BCUT2D eigenvalue weighted by Crippen LogP contribution is 2.22. The van der Waals surface area contributed by atoms with Gasteiger partial charge in [0.1, 0.15) is 11.3 Å². The van der Waals surface area contributed by atoms with Crippen LogP contribution >= 0.6 is 0 Å². The third-order valence-corrected chi connectivity index (χ3v) is 3.56. The molecule has 0 fully saturated rings. The van der Waals surface area contributed by atoms with Gasteiger partial charge in [0.05, 0.1) is 7.11 Å². The average molecular weight is 338 g/mol. The average Bonchev–Trinajstić information content (AvgIpc) is 3.07. The quantitative estimate of drug-likeness (QED) is 0.631. The van der Waals surface area contributed by atoms with E-state index >= 15 is 0 Å². The molecule has 3 rings (SSSR count). The van der Waals surface area contributed by atoms with Gasteiger partial charge in [0.2, 0.25) is 5.89 Å². The number of methoxy groups -OCH3 is 1. The first kappa shape index (κ1) is 16.6. The van der Waals surface area contributed by atoms with Gasteiger partial charge >= 0.3 is 6.09 Å². The number of hydrogen-bond donors (Lipinski definition) is 0. The summed E-state index contributed by atoms with van der Waals surface area (Å²) in [5.41, 5.74) is 2.23. The number of benzene rings is 2. The molecule has 6 nitrogen and oxygen atoms in total. The SMILES string of the molecule is C=CCN(C(=O)OC)c1ccc(OCc2nc3ccccc3o2)cc1. The smallest absolute Gasteiger partial charge is 0.414 e. The summed E-state index contributed by atoms with van der Waals surface area (Å²) in [6, 6.07) is 14.7. The molecule has 0 atom stereocenters. The van der Waals surface area contributed by atoms with Crippen LogP contribution < -0.4 is 9.64 Å². The molecule has 0 saturated carbocycles. The molecule has 3 aromatic rings. The van der Waals surface area contributed by atoms with Crippen LogP contribution in [0.25, 0.3) is 11.1 Å². The lowest BCUT2D eigenvalue weighted by Crippen LogP contribution is -2.30. The summed E-state index contributed by atoms with van der Waals surface area (Å²) in [4.78, 5) is 17.6. The normalized spacial score (nSPS) is 10.4. The lowest BCUT2D eigenvalue weighted by atomic mass is 10.2. The molecule has 0 aliphatic rings. The molecule has 1 aromatic heterocycles. The number of ether oxygens (including phenoxy) is 2. The third kappa shape index (κ3) is 3.80. The molecule has 6 heteroatoms. The molecule has 1 amide bonds. The predicted octanol–water partition coefficient (Wildman–Crippen LogP) is 4.17. The second kappa shape index (κ2) is 7.53. The highest BCUT2D eigenvalue weighted by Gasteiger charge is 2.14. The van der Waals surface area contributed by atoms with Crippen LogP contribution in [-0.2, 0) is 11.3 Å². The van der Waals surface area contributed by atoms with Crippen molar-refractivity contribution in [2.45, 2.75) is 6.61 Å². The molecule has 128 valence electrons. The van der Waals surface area contributed by atoms with E-state index in [1.807, 2.05) is 24.3 Å². The molecule has 0 N–H and O–H groups in total. The number of aromatic nitrogens is 1. The topological polar surface area (TPSA) is 64.8 Å². The molecular weight excluding hydrogens is 320 g/mol. The second-order valence-corrected chi connectivity index (χ2v) is 5.23. The Kier molecular flexibility index (Phi) is 4.99. The van der Waals surface area contributed by atoms with Crippen molar-refractivity contribution in [2.75, 3.05) is 18.6 Å². The Morgan fingerprint density at radius 3 is 2.68 bits per heavy atom. The fraction of sp³-hybridized carbons (Fsp3) is 0.158. The minimum absolute atomic E-state index is 0.224. The van der Waals surface area contributed by atoms with E-state index in [9.17, 15) is 4.79 Å². The van der Waals surface area contributed by atoms with Crippen molar-refractivity contribution in [3.05, 3.63) is 67.1 Å². The van der Waals surface area contributed by atoms with E-state index < -0.39 is 6.09 Å². The summed E-state index contributed by atoms with van der Waals surface area (Å²) in [6.45, 7) is 4.23. The van der Waals surface area contributed by atoms with Crippen molar-refractivity contribution in [3.8, 4) is 5.75 Å². The van der Waals surface area contributed by atoms with Gasteiger partial charge in [-0.1, -0.05) is 18.2 Å². The number of carbonyl (C=O) groups excluding carboxylic acids is 1. The number of rotatable bonds is 6. The number of amides is 1. The number of para-hydroxylation sites is 2. The number of carbonyl (C=O) groups is 1. The standard InChI is InChI=1S/C19H18N2O4/c1-3-12-21(19(22)23-2)14-8-10-15(11-9-14)24-13-18-20-16-6-4-5-7-17(16)25-18/h3-11H,1,12-13H2,2H3. The van der Waals surface area contributed by atoms with Crippen LogP contribution in [0.2, 0.25) is 0 Å². The monoisotopic (exact) mass is 338 g/mol. The van der Waals surface area contributed by atoms with Gasteiger partial charge in [-0.3, -0.25) is 4.90 Å². The molecule has 0 saturated heterocycles. The molecule has 0 aliphatic carbocycles. The Morgan fingerprint density at radius 2 is 2.00 bits per heavy atom. The zero-order valence-electron chi connectivity index (χ0n) is 13.8. The number of oxazole rings is 1. The Labute approximate surface area is 145 Å². The number of anilines is 1. The van der Waals surface area contributed by atoms with Crippen molar-refractivity contribution in [2.24, 2.45) is 0 Å². The van der Waals surface area contributed by atoms with E-state index in [1.165, 1.54) is 12.0 Å².